The molecule has 2 fully saturated rings. The van der Waals surface area contributed by atoms with Crippen molar-refractivity contribution < 1.29 is 18.8 Å². The van der Waals surface area contributed by atoms with Crippen LogP contribution in [0.5, 0.6) is 0 Å². The minimum Gasteiger partial charge on any atom is -0.360 e. The Morgan fingerprint density at radius 1 is 1.46 bits per heavy atom. The molecule has 2 amide bonds. The zero-order valence-corrected chi connectivity index (χ0v) is 15.4. The van der Waals surface area contributed by atoms with Gasteiger partial charge in [0.15, 0.2) is 5.76 Å². The SMILES string of the molecule is CCC(CC)N1C[C@]23C=C[C@H](O2)[C@@H](C(=O)N(C)Cc2ccno2)[C@H]3C1=O. The average Bonchev–Trinajstić information content (AvgIpc) is 3.38. The second-order valence-corrected chi connectivity index (χ2v) is 7.51. The van der Waals surface area contributed by atoms with Crippen molar-refractivity contribution in [2.45, 2.75) is 51.0 Å². The van der Waals surface area contributed by atoms with Crippen LogP contribution in [0.1, 0.15) is 32.4 Å². The number of carbonyl (C=O) groups is 2. The lowest BCUT2D eigenvalue weighted by molar-refractivity contribution is -0.143. The van der Waals surface area contributed by atoms with Crippen LogP contribution in [0.4, 0.5) is 0 Å². The van der Waals surface area contributed by atoms with E-state index in [1.807, 2.05) is 17.1 Å². The number of ether oxygens (including phenoxy) is 1. The predicted octanol–water partition coefficient (Wildman–Crippen LogP) is 1.60. The van der Waals surface area contributed by atoms with Gasteiger partial charge in [-0.1, -0.05) is 31.2 Å². The molecule has 3 aliphatic rings. The lowest BCUT2D eigenvalue weighted by atomic mass is 9.76. The van der Waals surface area contributed by atoms with E-state index in [1.165, 1.54) is 0 Å². The van der Waals surface area contributed by atoms with Gasteiger partial charge in [0.05, 0.1) is 37.2 Å². The van der Waals surface area contributed by atoms with E-state index in [1.54, 1.807) is 24.2 Å². The van der Waals surface area contributed by atoms with Gasteiger partial charge < -0.3 is 19.1 Å². The summed E-state index contributed by atoms with van der Waals surface area (Å²) in [6.45, 7) is 5.06. The Kier molecular flexibility index (Phi) is 4.14. The third-order valence-electron chi connectivity index (χ3n) is 6.06. The Hall–Kier alpha value is -2.15. The number of nitrogens with zero attached hydrogens (tertiary/aromatic N) is 3. The third-order valence-corrected chi connectivity index (χ3v) is 6.06. The minimum atomic E-state index is -0.641. The number of amides is 2. The first-order chi connectivity index (χ1) is 12.5. The van der Waals surface area contributed by atoms with E-state index in [0.29, 0.717) is 18.8 Å². The number of aromatic nitrogens is 1. The molecular weight excluding hydrogens is 334 g/mol. The smallest absolute Gasteiger partial charge is 0.230 e. The molecule has 26 heavy (non-hydrogen) atoms. The molecule has 0 unspecified atom stereocenters. The molecule has 0 aromatic carbocycles. The van der Waals surface area contributed by atoms with Gasteiger partial charge in [-0.15, -0.1) is 0 Å². The van der Waals surface area contributed by atoms with Gasteiger partial charge in [-0.05, 0) is 12.8 Å². The number of hydrogen-bond donors (Lipinski definition) is 0. The lowest BCUT2D eigenvalue weighted by Crippen LogP contribution is -2.45. The minimum absolute atomic E-state index is 0.0527. The van der Waals surface area contributed by atoms with Gasteiger partial charge in [-0.25, -0.2) is 0 Å². The van der Waals surface area contributed by atoms with Gasteiger partial charge in [0.1, 0.15) is 5.60 Å². The largest absolute Gasteiger partial charge is 0.360 e. The molecule has 0 radical (unpaired) electrons. The molecule has 0 N–H and O–H groups in total. The van der Waals surface area contributed by atoms with E-state index in [9.17, 15) is 9.59 Å². The Bertz CT molecular complexity index is 727. The summed E-state index contributed by atoms with van der Waals surface area (Å²) in [6, 6.07) is 1.93. The third kappa shape index (κ3) is 2.40. The van der Waals surface area contributed by atoms with E-state index in [0.717, 1.165) is 12.8 Å². The number of fused-ring (bicyclic) bond motifs is 1. The van der Waals surface area contributed by atoms with E-state index in [2.05, 4.69) is 19.0 Å². The standard InChI is InChI=1S/C19H25N3O4/c1-4-12(5-2)22-11-19-8-6-14(25-19)15(16(19)18(22)24)17(23)21(3)10-13-7-9-20-26-13/h6-9,12,14-16H,4-5,10-11H2,1-3H3/t14-,15+,16-,19-/m0/s1. The molecule has 3 aliphatic heterocycles. The van der Waals surface area contributed by atoms with Crippen LogP contribution in [-0.4, -0.2) is 58.1 Å². The van der Waals surface area contributed by atoms with Crippen molar-refractivity contribution in [1.29, 1.82) is 0 Å². The molecule has 0 aliphatic carbocycles. The summed E-state index contributed by atoms with van der Waals surface area (Å²) in [5.41, 5.74) is -0.641. The number of hydrogen-bond acceptors (Lipinski definition) is 5. The normalized spacial score (nSPS) is 31.9. The van der Waals surface area contributed by atoms with Crippen LogP contribution >= 0.6 is 0 Å². The summed E-state index contributed by atoms with van der Waals surface area (Å²) < 4.78 is 11.3. The highest BCUT2D eigenvalue weighted by molar-refractivity contribution is 5.93. The molecule has 2 saturated heterocycles. The van der Waals surface area contributed by atoms with Crippen LogP contribution in [0, 0.1) is 11.8 Å². The molecule has 1 aromatic heterocycles. The monoisotopic (exact) mass is 359 g/mol. The van der Waals surface area contributed by atoms with Gasteiger partial charge in [0, 0.05) is 19.2 Å². The van der Waals surface area contributed by atoms with Gasteiger partial charge in [-0.2, -0.15) is 0 Å². The summed E-state index contributed by atoms with van der Waals surface area (Å²) in [5.74, 6) is -0.312. The summed E-state index contributed by atoms with van der Waals surface area (Å²) >= 11 is 0. The molecule has 4 heterocycles. The maximum absolute atomic E-state index is 13.2. The van der Waals surface area contributed by atoms with Crippen molar-refractivity contribution in [3.8, 4) is 0 Å². The van der Waals surface area contributed by atoms with Crippen molar-refractivity contribution >= 4 is 11.8 Å². The van der Waals surface area contributed by atoms with Crippen LogP contribution in [0.3, 0.4) is 0 Å². The first kappa shape index (κ1) is 17.3. The van der Waals surface area contributed by atoms with Crippen LogP contribution in [0.15, 0.2) is 28.9 Å². The number of likely N-dealkylation sites (tertiary alicyclic amines) is 1. The fourth-order valence-electron chi connectivity index (χ4n) is 4.74. The average molecular weight is 359 g/mol. The second kappa shape index (κ2) is 6.23. The molecular formula is C19H25N3O4. The Morgan fingerprint density at radius 3 is 2.88 bits per heavy atom. The molecule has 1 aromatic rings. The van der Waals surface area contributed by atoms with E-state index < -0.39 is 17.4 Å². The first-order valence-electron chi connectivity index (χ1n) is 9.33. The van der Waals surface area contributed by atoms with Crippen molar-refractivity contribution in [2.24, 2.45) is 11.8 Å². The van der Waals surface area contributed by atoms with Crippen molar-refractivity contribution in [2.75, 3.05) is 13.6 Å². The van der Waals surface area contributed by atoms with Gasteiger partial charge in [0.2, 0.25) is 11.8 Å². The summed E-state index contributed by atoms with van der Waals surface area (Å²) in [7, 11) is 1.73. The summed E-state index contributed by atoms with van der Waals surface area (Å²) in [6.07, 6.45) is 7.00. The van der Waals surface area contributed by atoms with Crippen molar-refractivity contribution in [3.63, 3.8) is 0 Å². The quantitative estimate of drug-likeness (QED) is 0.721. The van der Waals surface area contributed by atoms with E-state index in [-0.39, 0.29) is 24.0 Å². The maximum atomic E-state index is 13.2. The van der Waals surface area contributed by atoms with Crippen LogP contribution in [-0.2, 0) is 20.9 Å². The molecule has 7 nitrogen and oxygen atoms in total. The Morgan fingerprint density at radius 2 is 2.23 bits per heavy atom. The van der Waals surface area contributed by atoms with Gasteiger partial charge in [0.25, 0.3) is 0 Å². The molecule has 2 bridgehead atoms. The highest BCUT2D eigenvalue weighted by Crippen LogP contribution is 2.52. The molecule has 140 valence electrons. The topological polar surface area (TPSA) is 75.9 Å². The van der Waals surface area contributed by atoms with Crippen LogP contribution in [0.25, 0.3) is 0 Å². The van der Waals surface area contributed by atoms with E-state index in [4.69, 9.17) is 9.26 Å². The van der Waals surface area contributed by atoms with Gasteiger partial charge in [-0.3, -0.25) is 9.59 Å². The lowest BCUT2D eigenvalue weighted by Gasteiger charge is -2.29. The zero-order chi connectivity index (χ0) is 18.5. The zero-order valence-electron chi connectivity index (χ0n) is 15.4. The van der Waals surface area contributed by atoms with Crippen molar-refractivity contribution in [1.82, 2.24) is 15.0 Å². The highest BCUT2D eigenvalue weighted by atomic mass is 16.5. The molecule has 0 saturated carbocycles. The van der Waals surface area contributed by atoms with Crippen molar-refractivity contribution in [3.05, 3.63) is 30.2 Å². The first-order valence-corrected chi connectivity index (χ1v) is 9.33. The van der Waals surface area contributed by atoms with Crippen LogP contribution < -0.4 is 0 Å². The number of rotatable bonds is 6. The summed E-state index contributed by atoms with van der Waals surface area (Å²) in [5, 5.41) is 3.67. The van der Waals surface area contributed by atoms with Gasteiger partial charge >= 0.3 is 0 Å². The highest BCUT2D eigenvalue weighted by Gasteiger charge is 2.67. The van der Waals surface area contributed by atoms with E-state index >= 15 is 0 Å². The predicted molar refractivity (Wildman–Crippen MR) is 92.8 cm³/mol. The summed E-state index contributed by atoms with van der Waals surface area (Å²) in [4.78, 5) is 29.9. The molecule has 1 spiro atoms. The Labute approximate surface area is 152 Å². The molecule has 7 heteroatoms. The Balaban J connectivity index is 1.57. The maximum Gasteiger partial charge on any atom is 0.230 e. The fourth-order valence-corrected chi connectivity index (χ4v) is 4.74. The fraction of sp³-hybridized carbons (Fsp3) is 0.632. The second-order valence-electron chi connectivity index (χ2n) is 7.51. The molecule has 4 rings (SSSR count). The van der Waals surface area contributed by atoms with Crippen LogP contribution in [0.2, 0.25) is 0 Å². The molecule has 4 atom stereocenters. The number of carbonyl (C=O) groups excluding carboxylic acids is 2.